The molecule has 1 aromatic carbocycles. The van der Waals surface area contributed by atoms with Crippen LogP contribution >= 0.6 is 23.2 Å². The van der Waals surface area contributed by atoms with Crippen LogP contribution in [-0.2, 0) is 4.79 Å². The first-order chi connectivity index (χ1) is 10.4. The van der Waals surface area contributed by atoms with E-state index < -0.39 is 0 Å². The molecule has 1 heterocycles. The number of carbonyl (C=O) groups excluding carboxylic acids is 1. The average molecular weight is 345 g/mol. The minimum atomic E-state index is -0.177. The fourth-order valence-corrected chi connectivity index (χ4v) is 2.78. The van der Waals surface area contributed by atoms with Gasteiger partial charge in [0.25, 0.3) is 0 Å². The number of nitrogens with zero attached hydrogens (tertiary/aromatic N) is 1. The topological polar surface area (TPSA) is 55.6 Å². The van der Waals surface area contributed by atoms with Gasteiger partial charge >= 0.3 is 0 Å². The molecule has 1 aliphatic rings. The summed E-state index contributed by atoms with van der Waals surface area (Å²) < 4.78 is 5.94. The molecule has 2 N–H and O–H groups in total. The first-order valence-electron chi connectivity index (χ1n) is 7.54. The molecular formula is C16H22Cl2N2O2. The van der Waals surface area contributed by atoms with Crippen LogP contribution in [0.15, 0.2) is 18.2 Å². The Morgan fingerprint density at radius 3 is 2.73 bits per heavy atom. The summed E-state index contributed by atoms with van der Waals surface area (Å²) in [5, 5.41) is 0.966. The minimum absolute atomic E-state index is 0.0322. The van der Waals surface area contributed by atoms with Gasteiger partial charge in [0, 0.05) is 18.7 Å². The Hall–Kier alpha value is -0.970. The Kier molecular flexibility index (Phi) is 5.95. The Balaban J connectivity index is 1.98. The molecule has 22 heavy (non-hydrogen) atoms. The molecule has 3 atom stereocenters. The summed E-state index contributed by atoms with van der Waals surface area (Å²) in [5.74, 6) is 0.593. The number of rotatable bonds is 4. The van der Waals surface area contributed by atoms with E-state index in [1.807, 2.05) is 18.7 Å². The van der Waals surface area contributed by atoms with Gasteiger partial charge in [-0.1, -0.05) is 30.1 Å². The normalized spacial score (nSPS) is 21.3. The predicted octanol–water partition coefficient (Wildman–Crippen LogP) is 3.35. The van der Waals surface area contributed by atoms with E-state index in [9.17, 15) is 4.79 Å². The molecule has 1 amide bonds. The highest BCUT2D eigenvalue weighted by Crippen LogP contribution is 2.28. The lowest BCUT2D eigenvalue weighted by Crippen LogP contribution is -2.48. The first kappa shape index (κ1) is 17.4. The van der Waals surface area contributed by atoms with Crippen molar-refractivity contribution < 1.29 is 9.53 Å². The Labute approximate surface area is 141 Å². The maximum absolute atomic E-state index is 12.4. The maximum Gasteiger partial charge on any atom is 0.227 e. The van der Waals surface area contributed by atoms with Gasteiger partial charge in [-0.3, -0.25) is 4.79 Å². The zero-order chi connectivity index (χ0) is 16.3. The molecule has 0 aromatic heterocycles. The number of amides is 1. The molecule has 122 valence electrons. The summed E-state index contributed by atoms with van der Waals surface area (Å²) in [6.45, 7) is 5.07. The summed E-state index contributed by atoms with van der Waals surface area (Å²) in [6.07, 6.45) is 1.80. The summed E-state index contributed by atoms with van der Waals surface area (Å²) in [5.41, 5.74) is 5.83. The number of nitrogens with two attached hydrogens (primary N) is 1. The van der Waals surface area contributed by atoms with E-state index in [2.05, 4.69) is 0 Å². The summed E-state index contributed by atoms with van der Waals surface area (Å²) in [7, 11) is 0. The molecule has 1 fully saturated rings. The number of benzene rings is 1. The molecule has 2 rings (SSSR count). The van der Waals surface area contributed by atoms with Crippen molar-refractivity contribution in [2.24, 2.45) is 11.7 Å². The van der Waals surface area contributed by atoms with Crippen molar-refractivity contribution in [2.75, 3.05) is 13.1 Å². The van der Waals surface area contributed by atoms with Crippen LogP contribution in [0.1, 0.15) is 26.7 Å². The Morgan fingerprint density at radius 2 is 2.09 bits per heavy atom. The maximum atomic E-state index is 12.4. The second-order valence-corrected chi connectivity index (χ2v) is 6.70. The van der Waals surface area contributed by atoms with Crippen LogP contribution in [0.2, 0.25) is 10.0 Å². The summed E-state index contributed by atoms with van der Waals surface area (Å²) in [4.78, 5) is 14.2. The molecule has 0 aliphatic carbocycles. The standard InChI is InChI=1S/C16H22Cl2N2O2/c1-10(11(2)19)16(21)20-7-3-4-13(9-20)22-12-5-6-14(17)15(18)8-12/h5-6,8,10-11,13H,3-4,7,9,19H2,1-2H3. The van der Waals surface area contributed by atoms with E-state index in [1.54, 1.807) is 18.2 Å². The average Bonchev–Trinajstić information content (AvgIpc) is 2.49. The van der Waals surface area contributed by atoms with Crippen molar-refractivity contribution in [2.45, 2.75) is 38.8 Å². The van der Waals surface area contributed by atoms with Gasteiger partial charge in [0.05, 0.1) is 22.5 Å². The van der Waals surface area contributed by atoms with Crippen LogP contribution in [-0.4, -0.2) is 36.0 Å². The molecular weight excluding hydrogens is 323 g/mol. The van der Waals surface area contributed by atoms with E-state index in [4.69, 9.17) is 33.7 Å². The van der Waals surface area contributed by atoms with Crippen molar-refractivity contribution in [1.29, 1.82) is 0 Å². The van der Waals surface area contributed by atoms with Gasteiger partial charge in [0.1, 0.15) is 11.9 Å². The van der Waals surface area contributed by atoms with Crippen LogP contribution in [0, 0.1) is 5.92 Å². The van der Waals surface area contributed by atoms with E-state index in [0.29, 0.717) is 22.3 Å². The van der Waals surface area contributed by atoms with E-state index in [1.165, 1.54) is 0 Å². The zero-order valence-corrected chi connectivity index (χ0v) is 14.4. The van der Waals surface area contributed by atoms with E-state index >= 15 is 0 Å². The van der Waals surface area contributed by atoms with Crippen LogP contribution in [0.4, 0.5) is 0 Å². The fraction of sp³-hybridized carbons (Fsp3) is 0.562. The van der Waals surface area contributed by atoms with Crippen molar-refractivity contribution in [1.82, 2.24) is 4.90 Å². The molecule has 4 nitrogen and oxygen atoms in total. The molecule has 6 heteroatoms. The van der Waals surface area contributed by atoms with Gasteiger partial charge in [-0.25, -0.2) is 0 Å². The van der Waals surface area contributed by atoms with Crippen molar-refractivity contribution in [3.8, 4) is 5.75 Å². The number of ether oxygens (including phenoxy) is 1. The highest BCUT2D eigenvalue weighted by molar-refractivity contribution is 6.42. The van der Waals surface area contributed by atoms with Crippen molar-refractivity contribution in [3.63, 3.8) is 0 Å². The molecule has 1 aliphatic heterocycles. The number of hydrogen-bond donors (Lipinski definition) is 1. The lowest BCUT2D eigenvalue weighted by Gasteiger charge is -2.35. The van der Waals surface area contributed by atoms with Crippen molar-refractivity contribution >= 4 is 29.1 Å². The van der Waals surface area contributed by atoms with Crippen LogP contribution < -0.4 is 10.5 Å². The summed E-state index contributed by atoms with van der Waals surface area (Å²) in [6, 6.07) is 5.06. The number of likely N-dealkylation sites (tertiary alicyclic amines) is 1. The van der Waals surface area contributed by atoms with Crippen molar-refractivity contribution in [3.05, 3.63) is 28.2 Å². The van der Waals surface area contributed by atoms with Gasteiger partial charge in [0.2, 0.25) is 5.91 Å². The molecule has 1 saturated heterocycles. The predicted molar refractivity (Wildman–Crippen MR) is 89.5 cm³/mol. The lowest BCUT2D eigenvalue weighted by molar-refractivity contribution is -0.138. The number of hydrogen-bond acceptors (Lipinski definition) is 3. The number of carbonyl (C=O) groups is 1. The second-order valence-electron chi connectivity index (χ2n) is 5.89. The zero-order valence-electron chi connectivity index (χ0n) is 12.9. The second kappa shape index (κ2) is 7.53. The molecule has 0 bridgehead atoms. The smallest absolute Gasteiger partial charge is 0.227 e. The fourth-order valence-electron chi connectivity index (χ4n) is 2.49. The monoisotopic (exact) mass is 344 g/mol. The SMILES string of the molecule is CC(N)C(C)C(=O)N1CCCC(Oc2ccc(Cl)c(Cl)c2)C1. The Morgan fingerprint density at radius 1 is 1.36 bits per heavy atom. The van der Waals surface area contributed by atoms with Gasteiger partial charge in [-0.2, -0.15) is 0 Å². The van der Waals surface area contributed by atoms with Gasteiger partial charge in [0.15, 0.2) is 0 Å². The molecule has 0 radical (unpaired) electrons. The van der Waals surface area contributed by atoms with E-state index in [-0.39, 0.29) is 24.0 Å². The number of halogens is 2. The highest BCUT2D eigenvalue weighted by atomic mass is 35.5. The van der Waals surface area contributed by atoms with E-state index in [0.717, 1.165) is 19.4 Å². The molecule has 1 aromatic rings. The van der Waals surface area contributed by atoms with Crippen LogP contribution in [0.25, 0.3) is 0 Å². The van der Waals surface area contributed by atoms with Gasteiger partial charge in [-0.15, -0.1) is 0 Å². The van der Waals surface area contributed by atoms with Gasteiger partial charge < -0.3 is 15.4 Å². The quantitative estimate of drug-likeness (QED) is 0.911. The molecule has 0 saturated carbocycles. The van der Waals surface area contributed by atoms with Gasteiger partial charge in [-0.05, 0) is 31.9 Å². The number of piperidine rings is 1. The molecule has 0 spiro atoms. The third-order valence-electron chi connectivity index (χ3n) is 4.06. The third kappa shape index (κ3) is 4.28. The molecule has 3 unspecified atom stereocenters. The highest BCUT2D eigenvalue weighted by Gasteiger charge is 2.29. The van der Waals surface area contributed by atoms with Crippen LogP contribution in [0.3, 0.4) is 0 Å². The van der Waals surface area contributed by atoms with Crippen LogP contribution in [0.5, 0.6) is 5.75 Å². The Bertz CT molecular complexity index is 537. The largest absolute Gasteiger partial charge is 0.489 e. The summed E-state index contributed by atoms with van der Waals surface area (Å²) >= 11 is 11.9. The lowest BCUT2D eigenvalue weighted by atomic mass is 10.0. The first-order valence-corrected chi connectivity index (χ1v) is 8.30. The third-order valence-corrected chi connectivity index (χ3v) is 4.80. The minimum Gasteiger partial charge on any atom is -0.489 e.